The first kappa shape index (κ1) is 17.7. The molecule has 5 heteroatoms. The lowest BCUT2D eigenvalue weighted by molar-refractivity contribution is -0.136. The maximum atomic E-state index is 12.1. The third-order valence-corrected chi connectivity index (χ3v) is 3.19. The zero-order valence-corrected chi connectivity index (χ0v) is 12.1. The number of nitrogens with zero attached hydrogens (tertiary/aromatic N) is 1. The summed E-state index contributed by atoms with van der Waals surface area (Å²) in [6.45, 7) is 9.23. The molecule has 2 nitrogen and oxygen atoms in total. The molecule has 0 aliphatic carbocycles. The highest BCUT2D eigenvalue weighted by Crippen LogP contribution is 2.22. The molecule has 0 rings (SSSR count). The van der Waals surface area contributed by atoms with Crippen LogP contribution in [0.3, 0.4) is 0 Å². The van der Waals surface area contributed by atoms with Gasteiger partial charge >= 0.3 is 6.18 Å². The third-order valence-electron chi connectivity index (χ3n) is 3.19. The van der Waals surface area contributed by atoms with E-state index in [0.717, 1.165) is 13.0 Å². The maximum absolute atomic E-state index is 12.1. The number of rotatable bonds is 8. The molecule has 0 aromatic rings. The van der Waals surface area contributed by atoms with Crippen molar-refractivity contribution < 1.29 is 17.9 Å². The Kier molecular flexibility index (Phi) is 7.22. The summed E-state index contributed by atoms with van der Waals surface area (Å²) in [5.74, 6) is 0. The van der Waals surface area contributed by atoms with Crippen LogP contribution >= 0.6 is 0 Å². The van der Waals surface area contributed by atoms with Crippen LogP contribution in [0, 0.1) is 0 Å². The number of hydrogen-bond acceptors (Lipinski definition) is 2. The van der Waals surface area contributed by atoms with Crippen LogP contribution < -0.4 is 0 Å². The van der Waals surface area contributed by atoms with Crippen molar-refractivity contribution in [2.75, 3.05) is 20.2 Å². The quantitative estimate of drug-likeness (QED) is 0.663. The highest BCUT2D eigenvalue weighted by molar-refractivity contribution is 4.73. The zero-order valence-electron chi connectivity index (χ0n) is 12.1. The van der Waals surface area contributed by atoms with Gasteiger partial charge in [-0.3, -0.25) is 0 Å². The van der Waals surface area contributed by atoms with Crippen molar-refractivity contribution in [1.82, 2.24) is 4.90 Å². The number of hydrogen-bond donors (Lipinski definition) is 0. The average molecular weight is 269 g/mol. The van der Waals surface area contributed by atoms with Crippen LogP contribution in [0.2, 0.25) is 0 Å². The molecule has 0 aliphatic rings. The fraction of sp³-hybridized carbons (Fsp3) is 1.00. The Bertz CT molecular complexity index is 227. The lowest BCUT2D eigenvalue weighted by Crippen LogP contribution is -2.37. The Morgan fingerprint density at radius 1 is 1.06 bits per heavy atom. The summed E-state index contributed by atoms with van der Waals surface area (Å²) < 4.78 is 41.6. The van der Waals surface area contributed by atoms with E-state index in [-0.39, 0.29) is 18.1 Å². The second-order valence-corrected chi connectivity index (χ2v) is 5.56. The van der Waals surface area contributed by atoms with Gasteiger partial charge in [0.05, 0.1) is 5.60 Å². The van der Waals surface area contributed by atoms with Crippen molar-refractivity contribution in [3.8, 4) is 0 Å². The summed E-state index contributed by atoms with van der Waals surface area (Å²) in [5.41, 5.74) is -0.225. The summed E-state index contributed by atoms with van der Waals surface area (Å²) >= 11 is 0. The standard InChI is InChI=1S/C13H26F3NO/c1-11(2)17(9-6-7-13(14,15)16)10-8-12(3,4)18-5/h11H,6-10H2,1-5H3. The van der Waals surface area contributed by atoms with Crippen LogP contribution in [-0.2, 0) is 4.74 Å². The highest BCUT2D eigenvalue weighted by atomic mass is 19.4. The van der Waals surface area contributed by atoms with Gasteiger partial charge in [0.25, 0.3) is 0 Å². The van der Waals surface area contributed by atoms with Crippen molar-refractivity contribution in [2.24, 2.45) is 0 Å². The van der Waals surface area contributed by atoms with Crippen molar-refractivity contribution in [1.29, 1.82) is 0 Å². The van der Waals surface area contributed by atoms with Crippen LogP contribution in [0.4, 0.5) is 13.2 Å². The summed E-state index contributed by atoms with van der Waals surface area (Å²) in [5, 5.41) is 0. The molecule has 0 heterocycles. The van der Waals surface area contributed by atoms with Gasteiger partial charge in [-0.05, 0) is 47.1 Å². The first-order valence-electron chi connectivity index (χ1n) is 6.43. The zero-order chi connectivity index (χ0) is 14.4. The minimum Gasteiger partial charge on any atom is -0.379 e. The summed E-state index contributed by atoms with van der Waals surface area (Å²) in [6.07, 6.45) is -3.78. The molecule has 0 unspecified atom stereocenters. The fourth-order valence-corrected chi connectivity index (χ4v) is 1.63. The second-order valence-electron chi connectivity index (χ2n) is 5.56. The monoisotopic (exact) mass is 269 g/mol. The number of halogens is 3. The Morgan fingerprint density at radius 2 is 1.61 bits per heavy atom. The first-order chi connectivity index (χ1) is 8.07. The molecular weight excluding hydrogens is 243 g/mol. The molecule has 0 saturated carbocycles. The topological polar surface area (TPSA) is 12.5 Å². The van der Waals surface area contributed by atoms with Gasteiger partial charge in [0, 0.05) is 26.1 Å². The van der Waals surface area contributed by atoms with Gasteiger partial charge < -0.3 is 9.64 Å². The summed E-state index contributed by atoms with van der Waals surface area (Å²) in [4.78, 5) is 2.08. The van der Waals surface area contributed by atoms with Crippen molar-refractivity contribution in [3.63, 3.8) is 0 Å². The van der Waals surface area contributed by atoms with E-state index in [1.165, 1.54) is 0 Å². The van der Waals surface area contributed by atoms with E-state index in [2.05, 4.69) is 4.90 Å². The van der Waals surface area contributed by atoms with Gasteiger partial charge in [-0.2, -0.15) is 13.2 Å². The van der Waals surface area contributed by atoms with E-state index in [4.69, 9.17) is 4.74 Å². The van der Waals surface area contributed by atoms with Gasteiger partial charge in [-0.25, -0.2) is 0 Å². The normalized spacial score (nSPS) is 13.7. The molecule has 0 spiro atoms. The maximum Gasteiger partial charge on any atom is 0.389 e. The number of alkyl halides is 3. The van der Waals surface area contributed by atoms with Crippen LogP contribution in [0.1, 0.15) is 47.0 Å². The minimum atomic E-state index is -4.05. The van der Waals surface area contributed by atoms with Crippen molar-refractivity contribution in [2.45, 2.75) is 64.8 Å². The first-order valence-corrected chi connectivity index (χ1v) is 6.43. The molecule has 0 amide bonds. The molecule has 0 bridgehead atoms. The second kappa shape index (κ2) is 7.34. The fourth-order valence-electron chi connectivity index (χ4n) is 1.63. The third kappa shape index (κ3) is 8.75. The SMILES string of the molecule is COC(C)(C)CCN(CCCC(F)(F)F)C(C)C. The molecule has 0 aromatic heterocycles. The highest BCUT2D eigenvalue weighted by Gasteiger charge is 2.27. The lowest BCUT2D eigenvalue weighted by Gasteiger charge is -2.31. The molecule has 0 N–H and O–H groups in total. The van der Waals surface area contributed by atoms with E-state index >= 15 is 0 Å². The van der Waals surface area contributed by atoms with Crippen molar-refractivity contribution >= 4 is 0 Å². The summed E-state index contributed by atoms with van der Waals surface area (Å²) in [6, 6.07) is 0.255. The molecule has 0 atom stereocenters. The van der Waals surface area contributed by atoms with E-state index in [0.29, 0.717) is 6.54 Å². The molecule has 0 fully saturated rings. The van der Waals surface area contributed by atoms with E-state index in [9.17, 15) is 13.2 Å². The Labute approximate surface area is 108 Å². The minimum absolute atomic E-state index is 0.162. The van der Waals surface area contributed by atoms with Gasteiger partial charge in [-0.15, -0.1) is 0 Å². The molecule has 0 radical (unpaired) electrons. The number of ether oxygens (including phenoxy) is 1. The van der Waals surface area contributed by atoms with E-state index < -0.39 is 12.6 Å². The summed E-state index contributed by atoms with van der Waals surface area (Å²) in [7, 11) is 1.66. The Balaban J connectivity index is 4.09. The molecule has 110 valence electrons. The average Bonchev–Trinajstić information content (AvgIpc) is 2.21. The van der Waals surface area contributed by atoms with Crippen LogP contribution in [-0.4, -0.2) is 42.9 Å². The Morgan fingerprint density at radius 3 is 2.00 bits per heavy atom. The van der Waals surface area contributed by atoms with Gasteiger partial charge in [-0.1, -0.05) is 0 Å². The molecular formula is C13H26F3NO. The lowest BCUT2D eigenvalue weighted by atomic mass is 10.0. The largest absolute Gasteiger partial charge is 0.389 e. The van der Waals surface area contributed by atoms with E-state index in [1.807, 2.05) is 27.7 Å². The number of methoxy groups -OCH3 is 1. The van der Waals surface area contributed by atoms with E-state index in [1.54, 1.807) is 7.11 Å². The van der Waals surface area contributed by atoms with Crippen LogP contribution in [0.5, 0.6) is 0 Å². The molecule has 0 aromatic carbocycles. The van der Waals surface area contributed by atoms with Crippen LogP contribution in [0.15, 0.2) is 0 Å². The van der Waals surface area contributed by atoms with Gasteiger partial charge in [0.1, 0.15) is 0 Å². The molecule has 18 heavy (non-hydrogen) atoms. The smallest absolute Gasteiger partial charge is 0.379 e. The predicted molar refractivity (Wildman–Crippen MR) is 67.7 cm³/mol. The molecule has 0 aliphatic heterocycles. The van der Waals surface area contributed by atoms with Crippen LogP contribution in [0.25, 0.3) is 0 Å². The van der Waals surface area contributed by atoms with Crippen molar-refractivity contribution in [3.05, 3.63) is 0 Å². The van der Waals surface area contributed by atoms with Gasteiger partial charge in [0.2, 0.25) is 0 Å². The van der Waals surface area contributed by atoms with Gasteiger partial charge in [0.15, 0.2) is 0 Å². The predicted octanol–water partition coefficient (Wildman–Crippen LogP) is 3.85. The Hall–Kier alpha value is -0.290. The molecule has 0 saturated heterocycles.